The average Bonchev–Trinajstić information content (AvgIpc) is 1.88. The lowest BCUT2D eigenvalue weighted by atomic mass is 10.1. The van der Waals surface area contributed by atoms with Gasteiger partial charge in [-0.2, -0.15) is 0 Å². The van der Waals surface area contributed by atoms with E-state index in [1.54, 1.807) is 7.11 Å². The molecule has 3 nitrogen and oxygen atoms in total. The molecule has 0 spiro atoms. The quantitative estimate of drug-likeness (QED) is 0.536. The van der Waals surface area contributed by atoms with Crippen LogP contribution in [0.3, 0.4) is 0 Å². The number of methoxy groups -OCH3 is 1. The van der Waals surface area contributed by atoms with Crippen molar-refractivity contribution in [3.63, 3.8) is 0 Å². The van der Waals surface area contributed by atoms with Crippen LogP contribution in [0.15, 0.2) is 0 Å². The summed E-state index contributed by atoms with van der Waals surface area (Å²) in [6.45, 7) is 0.533. The minimum absolute atomic E-state index is 0.00579. The van der Waals surface area contributed by atoms with Crippen molar-refractivity contribution >= 4 is 5.97 Å². The molecule has 0 bridgehead atoms. The van der Waals surface area contributed by atoms with Crippen LogP contribution in [0.1, 0.15) is 19.3 Å². The van der Waals surface area contributed by atoms with E-state index in [4.69, 9.17) is 9.47 Å². The highest BCUT2D eigenvalue weighted by atomic mass is 16.6. The van der Waals surface area contributed by atoms with E-state index in [1.165, 1.54) is 0 Å². The second-order valence-corrected chi connectivity index (χ2v) is 2.46. The highest BCUT2D eigenvalue weighted by Gasteiger charge is 2.19. The lowest BCUT2D eigenvalue weighted by Gasteiger charge is -2.20. The fourth-order valence-electron chi connectivity index (χ4n) is 1.08. The van der Waals surface area contributed by atoms with Gasteiger partial charge in [0.05, 0.1) is 6.61 Å². The van der Waals surface area contributed by atoms with E-state index < -0.39 is 0 Å². The van der Waals surface area contributed by atoms with Crippen molar-refractivity contribution in [2.75, 3.05) is 13.7 Å². The molecule has 1 rings (SSSR count). The molecule has 0 aliphatic carbocycles. The Morgan fingerprint density at radius 3 is 3.20 bits per heavy atom. The van der Waals surface area contributed by atoms with Gasteiger partial charge in [-0.15, -0.1) is 0 Å². The molecule has 0 radical (unpaired) electrons. The van der Waals surface area contributed by atoms with Crippen molar-refractivity contribution in [1.82, 2.24) is 0 Å². The van der Waals surface area contributed by atoms with E-state index in [0.29, 0.717) is 13.0 Å². The predicted octanol–water partition coefficient (Wildman–Crippen LogP) is 0.729. The largest absolute Gasteiger partial charge is 0.460 e. The van der Waals surface area contributed by atoms with Crippen molar-refractivity contribution in [3.8, 4) is 0 Å². The summed E-state index contributed by atoms with van der Waals surface area (Å²) >= 11 is 0. The Kier molecular flexibility index (Phi) is 2.68. The molecule has 0 aromatic heterocycles. The molecule has 0 aromatic rings. The average molecular weight is 144 g/mol. The molecule has 1 atom stereocenters. The van der Waals surface area contributed by atoms with Gasteiger partial charge >= 0.3 is 5.97 Å². The fraction of sp³-hybridized carbons (Fsp3) is 0.857. The van der Waals surface area contributed by atoms with Crippen LogP contribution in [-0.4, -0.2) is 25.8 Å². The molecule has 0 aromatic carbocycles. The molecule has 1 aliphatic heterocycles. The molecule has 0 saturated carbocycles. The summed E-state index contributed by atoms with van der Waals surface area (Å²) in [5.74, 6) is -0.0895. The van der Waals surface area contributed by atoms with Gasteiger partial charge < -0.3 is 9.47 Å². The Morgan fingerprint density at radius 1 is 1.80 bits per heavy atom. The van der Waals surface area contributed by atoms with Gasteiger partial charge in [-0.1, -0.05) is 0 Å². The minimum atomic E-state index is -0.0895. The molecule has 10 heavy (non-hydrogen) atoms. The Hall–Kier alpha value is -0.570. The molecule has 0 unspecified atom stereocenters. The molecular weight excluding hydrogens is 132 g/mol. The lowest BCUT2D eigenvalue weighted by molar-refractivity contribution is -0.156. The van der Waals surface area contributed by atoms with Gasteiger partial charge in [0, 0.05) is 13.5 Å². The number of hydrogen-bond donors (Lipinski definition) is 0. The highest BCUT2D eigenvalue weighted by Crippen LogP contribution is 2.13. The normalized spacial score (nSPS) is 26.1. The van der Waals surface area contributed by atoms with Crippen LogP contribution in [0.25, 0.3) is 0 Å². The van der Waals surface area contributed by atoms with E-state index >= 15 is 0 Å². The maximum Gasteiger partial charge on any atom is 0.306 e. The maximum absolute atomic E-state index is 10.7. The minimum Gasteiger partial charge on any atom is -0.460 e. The fourth-order valence-corrected chi connectivity index (χ4v) is 1.08. The first-order chi connectivity index (χ1) is 4.83. The van der Waals surface area contributed by atoms with Crippen LogP contribution >= 0.6 is 0 Å². The Balaban J connectivity index is 2.25. The van der Waals surface area contributed by atoms with E-state index in [2.05, 4.69) is 0 Å². The summed E-state index contributed by atoms with van der Waals surface area (Å²) in [5.41, 5.74) is 0. The third kappa shape index (κ3) is 1.99. The Labute approximate surface area is 60.3 Å². The monoisotopic (exact) mass is 144 g/mol. The van der Waals surface area contributed by atoms with Gasteiger partial charge in [0.15, 0.2) is 0 Å². The number of hydrogen-bond acceptors (Lipinski definition) is 3. The number of carbonyl (C=O) groups excluding carboxylic acids is 1. The molecule has 1 fully saturated rings. The van der Waals surface area contributed by atoms with Crippen LogP contribution in [0.2, 0.25) is 0 Å². The first-order valence-electron chi connectivity index (χ1n) is 3.51. The summed E-state index contributed by atoms with van der Waals surface area (Å²) < 4.78 is 9.82. The highest BCUT2D eigenvalue weighted by molar-refractivity contribution is 5.70. The second-order valence-electron chi connectivity index (χ2n) is 2.46. The van der Waals surface area contributed by atoms with Crippen LogP contribution in [0.5, 0.6) is 0 Å². The van der Waals surface area contributed by atoms with Crippen LogP contribution < -0.4 is 0 Å². The summed E-state index contributed by atoms with van der Waals surface area (Å²) in [6, 6.07) is 0. The van der Waals surface area contributed by atoms with Crippen LogP contribution in [0.4, 0.5) is 0 Å². The van der Waals surface area contributed by atoms with Gasteiger partial charge in [-0.25, -0.2) is 0 Å². The van der Waals surface area contributed by atoms with Gasteiger partial charge in [0.25, 0.3) is 0 Å². The lowest BCUT2D eigenvalue weighted by Crippen LogP contribution is -2.27. The summed E-state index contributed by atoms with van der Waals surface area (Å²) in [7, 11) is 1.61. The van der Waals surface area contributed by atoms with Crippen molar-refractivity contribution in [3.05, 3.63) is 0 Å². The molecule has 0 N–H and O–H groups in total. The Bertz CT molecular complexity index is 120. The summed E-state index contributed by atoms with van der Waals surface area (Å²) in [5, 5.41) is 0. The molecule has 3 heteroatoms. The van der Waals surface area contributed by atoms with E-state index in [9.17, 15) is 4.79 Å². The van der Waals surface area contributed by atoms with Crippen molar-refractivity contribution in [1.29, 1.82) is 0 Å². The third-order valence-electron chi connectivity index (χ3n) is 1.56. The van der Waals surface area contributed by atoms with Crippen LogP contribution in [0, 0.1) is 0 Å². The smallest absolute Gasteiger partial charge is 0.306 e. The van der Waals surface area contributed by atoms with E-state index in [0.717, 1.165) is 12.8 Å². The van der Waals surface area contributed by atoms with E-state index in [1.807, 2.05) is 0 Å². The third-order valence-corrected chi connectivity index (χ3v) is 1.56. The van der Waals surface area contributed by atoms with E-state index in [-0.39, 0.29) is 12.1 Å². The molecule has 1 aliphatic rings. The van der Waals surface area contributed by atoms with Gasteiger partial charge in [0.1, 0.15) is 6.10 Å². The predicted molar refractivity (Wildman–Crippen MR) is 35.6 cm³/mol. The molecule has 1 saturated heterocycles. The van der Waals surface area contributed by atoms with Crippen molar-refractivity contribution in [2.24, 2.45) is 0 Å². The Morgan fingerprint density at radius 2 is 2.60 bits per heavy atom. The molecule has 58 valence electrons. The molecular formula is C7H12O3. The first kappa shape index (κ1) is 7.54. The number of ether oxygens (including phenoxy) is 2. The SMILES string of the molecule is COC[C@@H]1CCCC(=O)O1. The van der Waals surface area contributed by atoms with Crippen molar-refractivity contribution in [2.45, 2.75) is 25.4 Å². The summed E-state index contributed by atoms with van der Waals surface area (Å²) in [6.07, 6.45) is 2.46. The van der Waals surface area contributed by atoms with Gasteiger partial charge in [-0.3, -0.25) is 4.79 Å². The van der Waals surface area contributed by atoms with Gasteiger partial charge in [-0.05, 0) is 12.8 Å². The standard InChI is InChI=1S/C7H12O3/c1-9-5-6-3-2-4-7(8)10-6/h6H,2-5H2,1H3/t6-/m0/s1. The number of rotatable bonds is 2. The zero-order valence-electron chi connectivity index (χ0n) is 6.13. The topological polar surface area (TPSA) is 35.5 Å². The first-order valence-corrected chi connectivity index (χ1v) is 3.51. The van der Waals surface area contributed by atoms with Crippen molar-refractivity contribution < 1.29 is 14.3 Å². The maximum atomic E-state index is 10.7. The number of esters is 1. The zero-order chi connectivity index (χ0) is 7.40. The van der Waals surface area contributed by atoms with Gasteiger partial charge in [0.2, 0.25) is 0 Å². The number of cyclic esters (lactones) is 1. The molecule has 0 amide bonds. The molecule has 1 heterocycles. The zero-order valence-corrected chi connectivity index (χ0v) is 6.13. The summed E-state index contributed by atoms with van der Waals surface area (Å²) in [4.78, 5) is 10.7. The number of carbonyl (C=O) groups is 1. The van der Waals surface area contributed by atoms with Crippen LogP contribution in [-0.2, 0) is 14.3 Å². The second kappa shape index (κ2) is 3.56.